The summed E-state index contributed by atoms with van der Waals surface area (Å²) in [7, 11) is 0. The number of ether oxygens (including phenoxy) is 2. The first kappa shape index (κ1) is 27.6. The highest BCUT2D eigenvalue weighted by Crippen LogP contribution is 2.13. The Morgan fingerprint density at radius 3 is 2.42 bits per heavy atom. The molecule has 1 rings (SSSR count). The van der Waals surface area contributed by atoms with Crippen molar-refractivity contribution in [3.05, 3.63) is 29.8 Å². The Labute approximate surface area is 192 Å². The van der Waals surface area contributed by atoms with Gasteiger partial charge in [-0.15, -0.1) is 0 Å². The van der Waals surface area contributed by atoms with Gasteiger partial charge in [-0.2, -0.15) is 0 Å². The molecule has 0 saturated carbocycles. The van der Waals surface area contributed by atoms with E-state index < -0.39 is 41.5 Å². The van der Waals surface area contributed by atoms with Gasteiger partial charge in [0.05, 0.1) is 6.42 Å². The third-order valence-electron chi connectivity index (χ3n) is 3.97. The fraction of sp³-hybridized carbons (Fsp3) is 0.500. The molecule has 0 bridgehead atoms. The second kappa shape index (κ2) is 13.2. The molecule has 0 aliphatic rings. The van der Waals surface area contributed by atoms with E-state index in [-0.39, 0.29) is 18.5 Å². The summed E-state index contributed by atoms with van der Waals surface area (Å²) in [5, 5.41) is 7.74. The molecule has 11 heteroatoms. The van der Waals surface area contributed by atoms with Gasteiger partial charge in [0.15, 0.2) is 0 Å². The Morgan fingerprint density at radius 1 is 1.12 bits per heavy atom. The van der Waals surface area contributed by atoms with Gasteiger partial charge < -0.3 is 31.2 Å². The van der Waals surface area contributed by atoms with E-state index in [0.717, 1.165) is 6.92 Å². The van der Waals surface area contributed by atoms with Crippen LogP contribution in [0, 0.1) is 0 Å². The SMILES string of the molecule is CC(=O)OC(=O)CCNC(=O)c1cccc(NC(=O)[C@H](CCCN)NC(=O)OC(C)(C)C)c1. The summed E-state index contributed by atoms with van der Waals surface area (Å²) in [5.74, 6) is -2.43. The highest BCUT2D eigenvalue weighted by molar-refractivity contribution is 5.99. The molecule has 0 unspecified atom stereocenters. The molecular formula is C22H32N4O7. The normalized spacial score (nSPS) is 11.7. The van der Waals surface area contributed by atoms with Crippen molar-refractivity contribution in [1.82, 2.24) is 10.6 Å². The topological polar surface area (TPSA) is 166 Å². The number of amides is 3. The summed E-state index contributed by atoms with van der Waals surface area (Å²) in [4.78, 5) is 59.2. The van der Waals surface area contributed by atoms with Crippen LogP contribution in [0.25, 0.3) is 0 Å². The Kier molecular flexibility index (Phi) is 11.0. The van der Waals surface area contributed by atoms with E-state index in [2.05, 4.69) is 20.7 Å². The lowest BCUT2D eigenvalue weighted by molar-refractivity contribution is -0.157. The van der Waals surface area contributed by atoms with E-state index in [0.29, 0.717) is 25.1 Å². The number of rotatable bonds is 10. The first-order chi connectivity index (χ1) is 15.4. The second-order valence-electron chi connectivity index (χ2n) is 8.17. The Balaban J connectivity index is 2.74. The minimum atomic E-state index is -0.881. The predicted octanol–water partition coefficient (Wildman–Crippen LogP) is 1.47. The first-order valence-electron chi connectivity index (χ1n) is 10.5. The van der Waals surface area contributed by atoms with Gasteiger partial charge in [-0.25, -0.2) is 4.79 Å². The monoisotopic (exact) mass is 464 g/mol. The zero-order valence-corrected chi connectivity index (χ0v) is 19.4. The Bertz CT molecular complexity index is 865. The van der Waals surface area contributed by atoms with Crippen molar-refractivity contribution < 1.29 is 33.4 Å². The van der Waals surface area contributed by atoms with Gasteiger partial charge in [0.2, 0.25) is 5.91 Å². The van der Waals surface area contributed by atoms with Crippen molar-refractivity contribution >= 4 is 35.5 Å². The molecule has 0 heterocycles. The first-order valence-corrected chi connectivity index (χ1v) is 10.5. The van der Waals surface area contributed by atoms with Gasteiger partial charge >= 0.3 is 18.0 Å². The molecule has 1 atom stereocenters. The maximum absolute atomic E-state index is 12.7. The molecule has 0 aliphatic heterocycles. The Hall–Kier alpha value is -3.47. The van der Waals surface area contributed by atoms with E-state index >= 15 is 0 Å². The van der Waals surface area contributed by atoms with Crippen LogP contribution < -0.4 is 21.7 Å². The number of carbonyl (C=O) groups is 5. The zero-order valence-electron chi connectivity index (χ0n) is 19.4. The van der Waals surface area contributed by atoms with Gasteiger partial charge in [0.1, 0.15) is 11.6 Å². The van der Waals surface area contributed by atoms with Gasteiger partial charge in [-0.3, -0.25) is 19.2 Å². The number of nitrogens with one attached hydrogen (secondary N) is 3. The van der Waals surface area contributed by atoms with Crippen LogP contribution in [0.1, 0.15) is 57.3 Å². The van der Waals surface area contributed by atoms with E-state index in [1.165, 1.54) is 12.1 Å². The van der Waals surface area contributed by atoms with Crippen LogP contribution in [0.2, 0.25) is 0 Å². The Morgan fingerprint density at radius 2 is 1.82 bits per heavy atom. The number of anilines is 1. The molecule has 5 N–H and O–H groups in total. The summed E-state index contributed by atoms with van der Waals surface area (Å²) in [6.45, 7) is 6.57. The quantitative estimate of drug-likeness (QED) is 0.298. The number of alkyl carbamates (subject to hydrolysis) is 1. The van der Waals surface area contributed by atoms with E-state index in [9.17, 15) is 24.0 Å². The fourth-order valence-electron chi connectivity index (χ4n) is 2.60. The lowest BCUT2D eigenvalue weighted by Crippen LogP contribution is -2.46. The summed E-state index contributed by atoms with van der Waals surface area (Å²) >= 11 is 0. The molecule has 33 heavy (non-hydrogen) atoms. The summed E-state index contributed by atoms with van der Waals surface area (Å²) < 4.78 is 9.59. The molecule has 182 valence electrons. The number of nitrogens with two attached hydrogens (primary N) is 1. The zero-order chi connectivity index (χ0) is 25.0. The molecule has 0 fully saturated rings. The van der Waals surface area contributed by atoms with Gasteiger partial charge in [0, 0.05) is 24.7 Å². The van der Waals surface area contributed by atoms with Crippen LogP contribution in [0.5, 0.6) is 0 Å². The van der Waals surface area contributed by atoms with Gasteiger partial charge in [-0.05, 0) is 58.4 Å². The van der Waals surface area contributed by atoms with E-state index in [1.54, 1.807) is 32.9 Å². The average molecular weight is 465 g/mol. The lowest BCUT2D eigenvalue weighted by atomic mass is 10.1. The third kappa shape index (κ3) is 11.6. The molecule has 1 aromatic rings. The molecule has 3 amide bonds. The fourth-order valence-corrected chi connectivity index (χ4v) is 2.60. The number of carbonyl (C=O) groups excluding carboxylic acids is 5. The summed E-state index contributed by atoms with van der Waals surface area (Å²) in [6, 6.07) is 5.27. The van der Waals surface area contributed by atoms with Crippen molar-refractivity contribution in [2.45, 2.75) is 58.6 Å². The smallest absolute Gasteiger partial charge is 0.408 e. The molecule has 1 aromatic carbocycles. The highest BCUT2D eigenvalue weighted by atomic mass is 16.6. The number of hydrogen-bond donors (Lipinski definition) is 4. The maximum Gasteiger partial charge on any atom is 0.408 e. The van der Waals surface area contributed by atoms with Gasteiger partial charge in [-0.1, -0.05) is 6.07 Å². The second-order valence-corrected chi connectivity index (χ2v) is 8.17. The molecule has 0 aliphatic carbocycles. The van der Waals surface area contributed by atoms with Crippen LogP contribution in [0.4, 0.5) is 10.5 Å². The predicted molar refractivity (Wildman–Crippen MR) is 120 cm³/mol. The number of hydrogen-bond acceptors (Lipinski definition) is 8. The summed E-state index contributed by atoms with van der Waals surface area (Å²) in [5.41, 5.74) is 5.40. The largest absolute Gasteiger partial charge is 0.444 e. The molecule has 0 aromatic heterocycles. The molecular weight excluding hydrogens is 432 g/mol. The van der Waals surface area contributed by atoms with Crippen LogP contribution in [0.3, 0.4) is 0 Å². The molecule has 11 nitrogen and oxygen atoms in total. The molecule has 0 saturated heterocycles. The molecule has 0 radical (unpaired) electrons. The van der Waals surface area contributed by atoms with Crippen molar-refractivity contribution in [2.24, 2.45) is 5.73 Å². The average Bonchev–Trinajstić information content (AvgIpc) is 2.69. The van der Waals surface area contributed by atoms with Crippen molar-refractivity contribution in [1.29, 1.82) is 0 Å². The minimum absolute atomic E-state index is 0.0253. The standard InChI is InChI=1S/C22H32N4O7/c1-14(27)32-18(28)10-12-24-19(29)15-7-5-8-16(13-15)25-20(30)17(9-6-11-23)26-21(31)33-22(2,3)4/h5,7-8,13,17H,6,9-12,23H2,1-4H3,(H,24,29)(H,25,30)(H,26,31)/t17-/m0/s1. The van der Waals surface area contributed by atoms with Crippen molar-refractivity contribution in [2.75, 3.05) is 18.4 Å². The van der Waals surface area contributed by atoms with E-state index in [4.69, 9.17) is 10.5 Å². The highest BCUT2D eigenvalue weighted by Gasteiger charge is 2.24. The molecule has 0 spiro atoms. The van der Waals surface area contributed by atoms with Crippen molar-refractivity contribution in [3.63, 3.8) is 0 Å². The van der Waals surface area contributed by atoms with Crippen LogP contribution in [0.15, 0.2) is 24.3 Å². The van der Waals surface area contributed by atoms with Crippen molar-refractivity contribution in [3.8, 4) is 0 Å². The van der Waals surface area contributed by atoms with Crippen LogP contribution in [-0.4, -0.2) is 54.6 Å². The van der Waals surface area contributed by atoms with Gasteiger partial charge in [0.25, 0.3) is 5.91 Å². The number of esters is 2. The van der Waals surface area contributed by atoms with E-state index in [1.807, 2.05) is 0 Å². The van der Waals surface area contributed by atoms with Crippen LogP contribution >= 0.6 is 0 Å². The number of benzene rings is 1. The third-order valence-corrected chi connectivity index (χ3v) is 3.97. The summed E-state index contributed by atoms with van der Waals surface area (Å²) in [6.07, 6.45) is -0.0855. The van der Waals surface area contributed by atoms with Crippen LogP contribution in [-0.2, 0) is 23.9 Å². The minimum Gasteiger partial charge on any atom is -0.444 e. The lowest BCUT2D eigenvalue weighted by Gasteiger charge is -2.23. The maximum atomic E-state index is 12.7.